The molecule has 0 spiro atoms. The van der Waals surface area contributed by atoms with E-state index in [1.165, 1.54) is 0 Å². The van der Waals surface area contributed by atoms with Crippen LogP contribution in [0.4, 0.5) is 0 Å². The summed E-state index contributed by atoms with van der Waals surface area (Å²) in [6.45, 7) is 6.72. The molecule has 0 aliphatic heterocycles. The van der Waals surface area contributed by atoms with E-state index in [4.69, 9.17) is 11.6 Å². The van der Waals surface area contributed by atoms with Gasteiger partial charge in [0.25, 0.3) is 5.91 Å². The van der Waals surface area contributed by atoms with Crippen LogP contribution in [0.15, 0.2) is 18.2 Å². The lowest BCUT2D eigenvalue weighted by molar-refractivity contribution is 0.0947. The van der Waals surface area contributed by atoms with Gasteiger partial charge in [0, 0.05) is 18.0 Å². The van der Waals surface area contributed by atoms with Crippen molar-refractivity contribution in [2.45, 2.75) is 27.2 Å². The van der Waals surface area contributed by atoms with Crippen LogP contribution in [0, 0.1) is 19.8 Å². The van der Waals surface area contributed by atoms with Crippen molar-refractivity contribution in [1.82, 2.24) is 5.32 Å². The average molecular weight is 254 g/mol. The van der Waals surface area contributed by atoms with E-state index in [9.17, 15) is 4.79 Å². The summed E-state index contributed by atoms with van der Waals surface area (Å²) in [7, 11) is 0. The highest BCUT2D eigenvalue weighted by Crippen LogP contribution is 2.11. The molecule has 0 heterocycles. The number of aryl methyl sites for hydroxylation is 2. The Kier molecular flexibility index (Phi) is 5.49. The number of amides is 1. The van der Waals surface area contributed by atoms with Crippen LogP contribution in [0.2, 0.25) is 0 Å². The first-order chi connectivity index (χ1) is 8.04. The van der Waals surface area contributed by atoms with E-state index in [2.05, 4.69) is 12.2 Å². The van der Waals surface area contributed by atoms with Crippen LogP contribution in [-0.4, -0.2) is 18.3 Å². The minimum atomic E-state index is 0.00706. The normalized spacial score (nSPS) is 12.2. The summed E-state index contributed by atoms with van der Waals surface area (Å²) in [5.41, 5.74) is 2.88. The Balaban J connectivity index is 2.61. The molecule has 1 aromatic rings. The van der Waals surface area contributed by atoms with Crippen LogP contribution in [0.5, 0.6) is 0 Å². The van der Waals surface area contributed by atoms with Gasteiger partial charge < -0.3 is 5.32 Å². The summed E-state index contributed by atoms with van der Waals surface area (Å²) in [4.78, 5) is 12.0. The number of carbonyl (C=O) groups excluding carboxylic acids is 1. The first kappa shape index (κ1) is 14.0. The molecule has 0 aliphatic rings. The number of alkyl halides is 1. The van der Waals surface area contributed by atoms with Crippen molar-refractivity contribution in [2.24, 2.45) is 5.92 Å². The Morgan fingerprint density at radius 2 is 2.12 bits per heavy atom. The lowest BCUT2D eigenvalue weighted by atomic mass is 10.0. The second kappa shape index (κ2) is 6.65. The van der Waals surface area contributed by atoms with Gasteiger partial charge in [-0.05, 0) is 37.8 Å². The topological polar surface area (TPSA) is 29.1 Å². The maximum Gasteiger partial charge on any atom is 0.251 e. The highest BCUT2D eigenvalue weighted by atomic mass is 35.5. The van der Waals surface area contributed by atoms with Crippen molar-refractivity contribution in [1.29, 1.82) is 0 Å². The van der Waals surface area contributed by atoms with E-state index < -0.39 is 0 Å². The number of carbonyl (C=O) groups is 1. The fraction of sp³-hybridized carbons (Fsp3) is 0.500. The minimum absolute atomic E-state index is 0.00706. The zero-order chi connectivity index (χ0) is 12.8. The maximum atomic E-state index is 12.0. The second-order valence-corrected chi connectivity index (χ2v) is 4.99. The van der Waals surface area contributed by atoms with Crippen molar-refractivity contribution in [2.75, 3.05) is 12.4 Å². The summed E-state index contributed by atoms with van der Waals surface area (Å²) in [6, 6.07) is 5.92. The van der Waals surface area contributed by atoms with Crippen LogP contribution in [0.3, 0.4) is 0 Å². The fourth-order valence-corrected chi connectivity index (χ4v) is 2.00. The molecule has 1 N–H and O–H groups in total. The van der Waals surface area contributed by atoms with Crippen LogP contribution >= 0.6 is 11.6 Å². The summed E-state index contributed by atoms with van der Waals surface area (Å²) in [6.07, 6.45) is 0.925. The third-order valence-electron chi connectivity index (χ3n) is 2.85. The van der Waals surface area contributed by atoms with Crippen LogP contribution in [-0.2, 0) is 0 Å². The maximum absolute atomic E-state index is 12.0. The fourth-order valence-electron chi connectivity index (χ4n) is 1.63. The predicted molar refractivity (Wildman–Crippen MR) is 72.8 cm³/mol. The first-order valence-electron chi connectivity index (χ1n) is 5.96. The third kappa shape index (κ3) is 4.39. The van der Waals surface area contributed by atoms with Gasteiger partial charge in [-0.25, -0.2) is 0 Å². The number of hydrogen-bond donors (Lipinski definition) is 1. The van der Waals surface area contributed by atoms with Gasteiger partial charge >= 0.3 is 0 Å². The van der Waals surface area contributed by atoms with Crippen molar-refractivity contribution in [3.8, 4) is 0 Å². The Bertz CT molecular complexity index is 390. The minimum Gasteiger partial charge on any atom is -0.352 e. The number of benzene rings is 1. The van der Waals surface area contributed by atoms with E-state index in [-0.39, 0.29) is 5.91 Å². The molecule has 2 nitrogen and oxygen atoms in total. The third-order valence-corrected chi connectivity index (χ3v) is 3.07. The van der Waals surface area contributed by atoms with E-state index in [0.717, 1.165) is 23.1 Å². The number of halogens is 1. The van der Waals surface area contributed by atoms with Crippen LogP contribution in [0.1, 0.15) is 34.8 Å². The zero-order valence-electron chi connectivity index (χ0n) is 10.7. The molecule has 0 saturated heterocycles. The van der Waals surface area contributed by atoms with Gasteiger partial charge in [-0.3, -0.25) is 4.79 Å². The molecule has 94 valence electrons. The largest absolute Gasteiger partial charge is 0.352 e. The Morgan fingerprint density at radius 1 is 1.41 bits per heavy atom. The van der Waals surface area contributed by atoms with Crippen LogP contribution in [0.25, 0.3) is 0 Å². The Hall–Kier alpha value is -1.02. The monoisotopic (exact) mass is 253 g/mol. The van der Waals surface area contributed by atoms with Gasteiger partial charge in [-0.1, -0.05) is 24.6 Å². The number of nitrogens with one attached hydrogen (secondary N) is 1. The van der Waals surface area contributed by atoms with Gasteiger partial charge in [-0.2, -0.15) is 0 Å². The molecule has 0 saturated carbocycles. The van der Waals surface area contributed by atoms with Crippen molar-refractivity contribution in [3.05, 3.63) is 34.9 Å². The number of hydrogen-bond acceptors (Lipinski definition) is 1. The van der Waals surface area contributed by atoms with Crippen molar-refractivity contribution >= 4 is 17.5 Å². The molecule has 1 atom stereocenters. The Morgan fingerprint density at radius 3 is 2.76 bits per heavy atom. The lowest BCUT2D eigenvalue weighted by Crippen LogP contribution is -2.29. The highest BCUT2D eigenvalue weighted by Gasteiger charge is 2.10. The molecule has 17 heavy (non-hydrogen) atoms. The molecule has 0 aromatic heterocycles. The quantitative estimate of drug-likeness (QED) is 0.802. The summed E-state index contributed by atoms with van der Waals surface area (Å²) < 4.78 is 0. The smallest absolute Gasteiger partial charge is 0.251 e. The van der Waals surface area contributed by atoms with Gasteiger partial charge in [0.1, 0.15) is 0 Å². The molecule has 1 unspecified atom stereocenters. The van der Waals surface area contributed by atoms with Gasteiger partial charge in [-0.15, -0.1) is 11.6 Å². The molecule has 1 amide bonds. The predicted octanol–water partition coefficient (Wildman–Crippen LogP) is 3.30. The first-order valence-corrected chi connectivity index (χ1v) is 6.49. The van der Waals surface area contributed by atoms with Gasteiger partial charge in [0.15, 0.2) is 0 Å². The van der Waals surface area contributed by atoms with E-state index >= 15 is 0 Å². The van der Waals surface area contributed by atoms with E-state index in [1.54, 1.807) is 0 Å². The highest BCUT2D eigenvalue weighted by molar-refractivity contribution is 6.17. The van der Waals surface area contributed by atoms with Gasteiger partial charge in [0.05, 0.1) is 0 Å². The second-order valence-electron chi connectivity index (χ2n) is 4.61. The van der Waals surface area contributed by atoms with Crippen molar-refractivity contribution < 1.29 is 4.79 Å². The average Bonchev–Trinajstić information content (AvgIpc) is 2.29. The summed E-state index contributed by atoms with van der Waals surface area (Å²) >= 11 is 5.66. The summed E-state index contributed by atoms with van der Waals surface area (Å²) in [5, 5.41) is 2.95. The van der Waals surface area contributed by atoms with Crippen LogP contribution < -0.4 is 5.32 Å². The Labute approximate surface area is 108 Å². The molecule has 0 fully saturated rings. The molecule has 0 radical (unpaired) electrons. The molecule has 0 bridgehead atoms. The summed E-state index contributed by atoms with van der Waals surface area (Å²) in [5.74, 6) is 1.06. The number of rotatable bonds is 5. The molecule has 1 rings (SSSR count). The van der Waals surface area contributed by atoms with E-state index in [0.29, 0.717) is 18.3 Å². The van der Waals surface area contributed by atoms with Crippen molar-refractivity contribution in [3.63, 3.8) is 0 Å². The zero-order valence-corrected chi connectivity index (χ0v) is 11.5. The lowest BCUT2D eigenvalue weighted by Gasteiger charge is -2.12. The molecule has 0 aliphatic carbocycles. The van der Waals surface area contributed by atoms with E-state index in [1.807, 2.05) is 32.0 Å². The van der Waals surface area contributed by atoms with Gasteiger partial charge in [0.2, 0.25) is 0 Å². The molecule has 1 aromatic carbocycles. The standard InChI is InChI=1S/C14H20ClNO/c1-10-4-5-12(3)13(8-10)14(17)16-9-11(2)6-7-15/h4-5,8,11H,6-7,9H2,1-3H3,(H,16,17). The molecular weight excluding hydrogens is 234 g/mol. The molecular formula is C14H20ClNO. The molecule has 3 heteroatoms. The SMILES string of the molecule is Cc1ccc(C)c(C(=O)NCC(C)CCCl)c1.